The number of imidazole rings is 1. The normalized spacial score (nSPS) is 12.3. The summed E-state index contributed by atoms with van der Waals surface area (Å²) in [5.74, 6) is -0.0961. The van der Waals surface area contributed by atoms with Crippen molar-refractivity contribution in [2.24, 2.45) is 7.05 Å². The molecule has 1 amide bonds. The number of aryl methyl sites for hydroxylation is 1. The third-order valence-electron chi connectivity index (χ3n) is 2.77. The largest absolute Gasteiger partial charge is 0.382 e. The van der Waals surface area contributed by atoms with Crippen molar-refractivity contribution in [2.45, 2.75) is 12.6 Å². The van der Waals surface area contributed by atoms with Gasteiger partial charge in [0.05, 0.1) is 24.7 Å². The fourth-order valence-electron chi connectivity index (χ4n) is 1.88. The SMILES string of the molecule is COC[C@@H](NC(=O)Cn1ccnc1)c1ccnn1C. The number of ether oxygens (including phenoxy) is 1. The third kappa shape index (κ3) is 3.41. The molecule has 1 atom stereocenters. The van der Waals surface area contributed by atoms with Gasteiger partial charge in [-0.15, -0.1) is 0 Å². The maximum atomic E-state index is 12.0. The van der Waals surface area contributed by atoms with Crippen LogP contribution in [0.1, 0.15) is 11.7 Å². The molecular formula is C12H17N5O2. The van der Waals surface area contributed by atoms with Crippen LogP contribution in [0.3, 0.4) is 0 Å². The second-order valence-electron chi connectivity index (χ2n) is 4.19. The molecule has 0 fully saturated rings. The van der Waals surface area contributed by atoms with Gasteiger partial charge in [-0.25, -0.2) is 4.98 Å². The molecule has 7 heteroatoms. The summed E-state index contributed by atoms with van der Waals surface area (Å²) in [6.07, 6.45) is 6.69. The molecule has 0 spiro atoms. The van der Waals surface area contributed by atoms with Crippen LogP contribution in [0.15, 0.2) is 31.0 Å². The first-order valence-corrected chi connectivity index (χ1v) is 5.92. The molecule has 0 aromatic carbocycles. The van der Waals surface area contributed by atoms with Gasteiger partial charge in [-0.1, -0.05) is 0 Å². The summed E-state index contributed by atoms with van der Waals surface area (Å²) in [6, 6.07) is 1.65. The molecule has 0 radical (unpaired) electrons. The van der Waals surface area contributed by atoms with Crippen LogP contribution in [0.5, 0.6) is 0 Å². The predicted molar refractivity (Wildman–Crippen MR) is 68.2 cm³/mol. The van der Waals surface area contributed by atoms with Crippen LogP contribution < -0.4 is 5.32 Å². The number of amides is 1. The Morgan fingerprint density at radius 1 is 1.53 bits per heavy atom. The highest BCUT2D eigenvalue weighted by Gasteiger charge is 2.17. The van der Waals surface area contributed by atoms with Crippen LogP contribution in [0.4, 0.5) is 0 Å². The maximum Gasteiger partial charge on any atom is 0.240 e. The zero-order chi connectivity index (χ0) is 13.7. The van der Waals surface area contributed by atoms with Crippen LogP contribution in [0.2, 0.25) is 0 Å². The monoisotopic (exact) mass is 263 g/mol. The highest BCUT2D eigenvalue weighted by Crippen LogP contribution is 2.11. The van der Waals surface area contributed by atoms with E-state index >= 15 is 0 Å². The molecule has 0 aliphatic carbocycles. The van der Waals surface area contributed by atoms with Gasteiger partial charge in [-0.05, 0) is 6.07 Å². The Labute approximate surface area is 111 Å². The molecule has 2 aromatic rings. The molecule has 2 heterocycles. The van der Waals surface area contributed by atoms with E-state index in [2.05, 4.69) is 15.4 Å². The molecule has 0 aliphatic rings. The standard InChI is InChI=1S/C12H17N5O2/c1-16-11(3-4-14-16)10(8-19-2)15-12(18)7-17-6-5-13-9-17/h3-6,9-10H,7-8H2,1-2H3,(H,15,18)/t10-/m1/s1. The summed E-state index contributed by atoms with van der Waals surface area (Å²) in [5, 5.41) is 7.02. The predicted octanol–water partition coefficient (Wildman–Crippen LogP) is 0.120. The minimum Gasteiger partial charge on any atom is -0.382 e. The summed E-state index contributed by atoms with van der Waals surface area (Å²) in [6.45, 7) is 0.632. The van der Waals surface area contributed by atoms with Gasteiger partial charge in [0.25, 0.3) is 0 Å². The average Bonchev–Trinajstić information content (AvgIpc) is 3.00. The lowest BCUT2D eigenvalue weighted by atomic mass is 10.2. The Balaban J connectivity index is 2.01. The van der Waals surface area contributed by atoms with E-state index < -0.39 is 0 Å². The van der Waals surface area contributed by atoms with Gasteiger partial charge in [-0.3, -0.25) is 9.48 Å². The van der Waals surface area contributed by atoms with E-state index in [1.165, 1.54) is 0 Å². The molecule has 0 saturated heterocycles. The Kier molecular flexibility index (Phi) is 4.30. The number of aromatic nitrogens is 4. The van der Waals surface area contributed by atoms with Crippen molar-refractivity contribution in [1.29, 1.82) is 0 Å². The fraction of sp³-hybridized carbons (Fsp3) is 0.417. The van der Waals surface area contributed by atoms with Crippen LogP contribution in [0.25, 0.3) is 0 Å². The fourth-order valence-corrected chi connectivity index (χ4v) is 1.88. The molecular weight excluding hydrogens is 246 g/mol. The number of carbonyl (C=O) groups is 1. The molecule has 19 heavy (non-hydrogen) atoms. The van der Waals surface area contributed by atoms with Crippen molar-refractivity contribution < 1.29 is 9.53 Å². The van der Waals surface area contributed by atoms with E-state index in [4.69, 9.17) is 4.74 Å². The number of hydrogen-bond acceptors (Lipinski definition) is 4. The van der Waals surface area contributed by atoms with Gasteiger partial charge in [0.1, 0.15) is 6.54 Å². The molecule has 1 N–H and O–H groups in total. The minimum atomic E-state index is -0.214. The van der Waals surface area contributed by atoms with Crippen molar-refractivity contribution in [3.63, 3.8) is 0 Å². The molecule has 102 valence electrons. The lowest BCUT2D eigenvalue weighted by Gasteiger charge is -2.18. The number of nitrogens with zero attached hydrogens (tertiary/aromatic N) is 4. The highest BCUT2D eigenvalue weighted by atomic mass is 16.5. The first-order valence-electron chi connectivity index (χ1n) is 5.92. The number of hydrogen-bond donors (Lipinski definition) is 1. The van der Waals surface area contributed by atoms with E-state index in [0.29, 0.717) is 6.61 Å². The van der Waals surface area contributed by atoms with Crippen molar-refractivity contribution in [2.75, 3.05) is 13.7 Å². The van der Waals surface area contributed by atoms with Crippen molar-refractivity contribution >= 4 is 5.91 Å². The molecule has 2 aromatic heterocycles. The zero-order valence-corrected chi connectivity index (χ0v) is 11.0. The van der Waals surface area contributed by atoms with Crippen molar-refractivity contribution in [3.8, 4) is 0 Å². The van der Waals surface area contributed by atoms with Crippen LogP contribution in [0, 0.1) is 0 Å². The van der Waals surface area contributed by atoms with E-state index in [1.807, 2.05) is 13.1 Å². The molecule has 0 unspecified atom stereocenters. The van der Waals surface area contributed by atoms with Gasteiger partial charge in [0, 0.05) is 32.7 Å². The van der Waals surface area contributed by atoms with E-state index in [0.717, 1.165) is 5.69 Å². The summed E-state index contributed by atoms with van der Waals surface area (Å²) in [4.78, 5) is 15.9. The molecule has 7 nitrogen and oxygen atoms in total. The summed E-state index contributed by atoms with van der Waals surface area (Å²) in [5.41, 5.74) is 0.904. The summed E-state index contributed by atoms with van der Waals surface area (Å²) in [7, 11) is 3.44. The number of carbonyl (C=O) groups excluding carboxylic acids is 1. The highest BCUT2D eigenvalue weighted by molar-refractivity contribution is 5.76. The lowest BCUT2D eigenvalue weighted by molar-refractivity contribution is -0.122. The minimum absolute atomic E-state index is 0.0961. The summed E-state index contributed by atoms with van der Waals surface area (Å²) < 4.78 is 8.58. The first kappa shape index (κ1) is 13.3. The van der Waals surface area contributed by atoms with E-state index in [1.54, 1.807) is 41.3 Å². The van der Waals surface area contributed by atoms with Crippen LogP contribution in [-0.4, -0.2) is 39.0 Å². The smallest absolute Gasteiger partial charge is 0.240 e. The summed E-state index contributed by atoms with van der Waals surface area (Å²) >= 11 is 0. The van der Waals surface area contributed by atoms with Gasteiger partial charge in [0.15, 0.2) is 0 Å². The number of methoxy groups -OCH3 is 1. The third-order valence-corrected chi connectivity index (χ3v) is 2.77. The zero-order valence-electron chi connectivity index (χ0n) is 11.0. The lowest BCUT2D eigenvalue weighted by Crippen LogP contribution is -2.34. The Morgan fingerprint density at radius 2 is 2.37 bits per heavy atom. The van der Waals surface area contributed by atoms with Gasteiger partial charge < -0.3 is 14.6 Å². The maximum absolute atomic E-state index is 12.0. The molecule has 0 bridgehead atoms. The Morgan fingerprint density at radius 3 is 2.95 bits per heavy atom. The van der Waals surface area contributed by atoms with Crippen molar-refractivity contribution in [3.05, 3.63) is 36.7 Å². The van der Waals surface area contributed by atoms with E-state index in [9.17, 15) is 4.79 Å². The first-order chi connectivity index (χ1) is 9.20. The molecule has 0 saturated carbocycles. The Bertz CT molecular complexity index is 520. The molecule has 2 rings (SSSR count). The van der Waals surface area contributed by atoms with Gasteiger partial charge in [0.2, 0.25) is 5.91 Å². The van der Waals surface area contributed by atoms with E-state index in [-0.39, 0.29) is 18.5 Å². The van der Waals surface area contributed by atoms with Crippen molar-refractivity contribution in [1.82, 2.24) is 24.6 Å². The number of rotatable bonds is 6. The number of nitrogens with one attached hydrogen (secondary N) is 1. The second kappa shape index (κ2) is 6.14. The average molecular weight is 263 g/mol. The van der Waals surface area contributed by atoms with Crippen LogP contribution >= 0.6 is 0 Å². The van der Waals surface area contributed by atoms with Gasteiger partial charge >= 0.3 is 0 Å². The van der Waals surface area contributed by atoms with Crippen LogP contribution in [-0.2, 0) is 23.1 Å². The second-order valence-corrected chi connectivity index (χ2v) is 4.19. The topological polar surface area (TPSA) is 74.0 Å². The quantitative estimate of drug-likeness (QED) is 0.803. The molecule has 0 aliphatic heterocycles. The Hall–Kier alpha value is -2.15. The van der Waals surface area contributed by atoms with Gasteiger partial charge in [-0.2, -0.15) is 5.10 Å².